The summed E-state index contributed by atoms with van der Waals surface area (Å²) in [6, 6.07) is 0. The van der Waals surface area contributed by atoms with Crippen molar-refractivity contribution in [1.82, 2.24) is 0 Å². The summed E-state index contributed by atoms with van der Waals surface area (Å²) in [6.07, 6.45) is 6.23. The Morgan fingerprint density at radius 1 is 0.966 bits per heavy atom. The zero-order chi connectivity index (χ0) is 21.3. The summed E-state index contributed by atoms with van der Waals surface area (Å²) in [6.45, 7) is 12.7. The molecule has 0 radical (unpaired) electrons. The van der Waals surface area contributed by atoms with E-state index >= 15 is 0 Å². The average Bonchev–Trinajstić information content (AvgIpc) is 3.04. The van der Waals surface area contributed by atoms with Crippen LogP contribution in [0.1, 0.15) is 59.3 Å². The van der Waals surface area contributed by atoms with Gasteiger partial charge in [0.1, 0.15) is 18.3 Å². The first kappa shape index (κ1) is 21.6. The number of carbonyl (C=O) groups excluding carboxylic acids is 3. The second-order valence-corrected chi connectivity index (χ2v) is 9.35. The minimum absolute atomic E-state index is 0.152. The molecule has 0 aromatic carbocycles. The highest BCUT2D eigenvalue weighted by Crippen LogP contribution is 2.59. The predicted octanol–water partition coefficient (Wildman–Crippen LogP) is 3.74. The van der Waals surface area contributed by atoms with Crippen molar-refractivity contribution in [2.75, 3.05) is 6.61 Å². The highest BCUT2D eigenvalue weighted by molar-refractivity contribution is 5.87. The smallest absolute Gasteiger partial charge is 0.333 e. The fourth-order valence-corrected chi connectivity index (χ4v) is 5.39. The molecular formula is C23H32O6. The van der Waals surface area contributed by atoms with Gasteiger partial charge in [0.25, 0.3) is 0 Å². The molecule has 160 valence electrons. The van der Waals surface area contributed by atoms with Crippen molar-refractivity contribution in [2.24, 2.45) is 23.7 Å². The summed E-state index contributed by atoms with van der Waals surface area (Å²) >= 11 is 0. The van der Waals surface area contributed by atoms with Crippen LogP contribution in [0.25, 0.3) is 0 Å². The summed E-state index contributed by atoms with van der Waals surface area (Å²) in [5.41, 5.74) is 0.651. The van der Waals surface area contributed by atoms with Gasteiger partial charge in [0.15, 0.2) is 0 Å². The van der Waals surface area contributed by atoms with Crippen molar-refractivity contribution in [3.05, 3.63) is 24.3 Å². The van der Waals surface area contributed by atoms with E-state index in [9.17, 15) is 14.4 Å². The first-order valence-corrected chi connectivity index (χ1v) is 10.5. The number of esters is 3. The van der Waals surface area contributed by atoms with Crippen LogP contribution in [0.2, 0.25) is 0 Å². The van der Waals surface area contributed by atoms with E-state index in [0.717, 1.165) is 11.8 Å². The van der Waals surface area contributed by atoms with Gasteiger partial charge < -0.3 is 14.2 Å². The van der Waals surface area contributed by atoms with Crippen LogP contribution in [-0.4, -0.2) is 36.2 Å². The van der Waals surface area contributed by atoms with Crippen LogP contribution >= 0.6 is 0 Å². The van der Waals surface area contributed by atoms with E-state index in [-0.39, 0.29) is 30.6 Å². The van der Waals surface area contributed by atoms with Gasteiger partial charge in [0.2, 0.25) is 0 Å². The maximum Gasteiger partial charge on any atom is 0.333 e. The van der Waals surface area contributed by atoms with Crippen molar-refractivity contribution in [2.45, 2.75) is 71.0 Å². The lowest BCUT2D eigenvalue weighted by Gasteiger charge is -2.59. The van der Waals surface area contributed by atoms with Gasteiger partial charge in [-0.25, -0.2) is 9.59 Å². The Labute approximate surface area is 172 Å². The Morgan fingerprint density at radius 3 is 1.90 bits per heavy atom. The first-order chi connectivity index (χ1) is 13.6. The number of hydrogen-bond acceptors (Lipinski definition) is 6. The number of cyclic esters (lactones) is 1. The van der Waals surface area contributed by atoms with E-state index in [0.29, 0.717) is 23.0 Å². The Morgan fingerprint density at radius 2 is 1.48 bits per heavy atom. The standard InChI is InChI=1S/C15H22O2.C8H10O4/c1-9(2)14(16)17-15(3)12-5-10-4-11(7-12)8-13(15)6-10;1-5(2)8(10)12-6-3-7(9)11-4-6/h10-13H,1,4-8H2,2-3H3;6H,1,3-4H2,2H3. The Hall–Kier alpha value is -2.11. The second-order valence-electron chi connectivity index (χ2n) is 9.35. The molecule has 5 aliphatic rings. The minimum Gasteiger partial charge on any atom is -0.462 e. The number of rotatable bonds is 4. The third-order valence-corrected chi connectivity index (χ3v) is 6.87. The molecule has 0 N–H and O–H groups in total. The molecular weight excluding hydrogens is 372 g/mol. The van der Waals surface area contributed by atoms with E-state index < -0.39 is 12.1 Å². The molecule has 0 amide bonds. The fraction of sp³-hybridized carbons (Fsp3) is 0.696. The molecule has 1 heterocycles. The molecule has 0 aromatic heterocycles. The van der Waals surface area contributed by atoms with E-state index in [1.807, 2.05) is 0 Å². The molecule has 5 rings (SSSR count). The van der Waals surface area contributed by atoms with Crippen molar-refractivity contribution < 1.29 is 28.6 Å². The lowest BCUT2D eigenvalue weighted by Crippen LogP contribution is -2.58. The van der Waals surface area contributed by atoms with Crippen LogP contribution in [0.3, 0.4) is 0 Å². The minimum atomic E-state index is -0.474. The maximum atomic E-state index is 11.8. The van der Waals surface area contributed by atoms with Crippen LogP contribution in [0.5, 0.6) is 0 Å². The molecule has 1 atom stereocenters. The number of carbonyl (C=O) groups is 3. The third-order valence-electron chi connectivity index (χ3n) is 6.87. The molecule has 4 bridgehead atoms. The highest BCUT2D eigenvalue weighted by Gasteiger charge is 2.57. The molecule has 29 heavy (non-hydrogen) atoms. The van der Waals surface area contributed by atoms with Gasteiger partial charge in [0.05, 0.1) is 6.42 Å². The van der Waals surface area contributed by atoms with Crippen LogP contribution in [-0.2, 0) is 28.6 Å². The largest absolute Gasteiger partial charge is 0.462 e. The van der Waals surface area contributed by atoms with Crippen LogP contribution in [0.15, 0.2) is 24.3 Å². The molecule has 0 aromatic rings. The van der Waals surface area contributed by atoms with Crippen LogP contribution in [0, 0.1) is 23.7 Å². The summed E-state index contributed by atoms with van der Waals surface area (Å²) < 4.78 is 15.3. The van der Waals surface area contributed by atoms with Gasteiger partial charge in [-0.1, -0.05) is 13.2 Å². The van der Waals surface area contributed by atoms with Gasteiger partial charge in [-0.15, -0.1) is 0 Å². The Balaban J connectivity index is 0.000000177. The van der Waals surface area contributed by atoms with Crippen molar-refractivity contribution in [1.29, 1.82) is 0 Å². The summed E-state index contributed by atoms with van der Waals surface area (Å²) in [4.78, 5) is 33.3. The van der Waals surface area contributed by atoms with E-state index in [1.54, 1.807) is 13.8 Å². The first-order valence-electron chi connectivity index (χ1n) is 10.5. The monoisotopic (exact) mass is 404 g/mol. The summed E-state index contributed by atoms with van der Waals surface area (Å²) in [7, 11) is 0. The van der Waals surface area contributed by atoms with Gasteiger partial charge >= 0.3 is 17.9 Å². The van der Waals surface area contributed by atoms with Gasteiger partial charge in [0, 0.05) is 11.1 Å². The molecule has 6 nitrogen and oxygen atoms in total. The summed E-state index contributed by atoms with van der Waals surface area (Å²) in [5, 5.41) is 0. The van der Waals surface area contributed by atoms with Gasteiger partial charge in [-0.3, -0.25) is 4.79 Å². The lowest BCUT2D eigenvalue weighted by molar-refractivity contribution is -0.199. The molecule has 4 saturated carbocycles. The molecule has 1 saturated heterocycles. The predicted molar refractivity (Wildman–Crippen MR) is 107 cm³/mol. The SMILES string of the molecule is C=C(C)C(=O)OC1(C)C2CC3CC(C2)CC1C3.C=C(C)C(=O)OC1COC(=O)C1. The Kier molecular flexibility index (Phi) is 6.20. The molecule has 4 aliphatic carbocycles. The molecule has 6 heteroatoms. The number of ether oxygens (including phenoxy) is 3. The van der Waals surface area contributed by atoms with Crippen LogP contribution in [0.4, 0.5) is 0 Å². The third kappa shape index (κ3) is 4.73. The topological polar surface area (TPSA) is 78.9 Å². The van der Waals surface area contributed by atoms with Crippen molar-refractivity contribution in [3.63, 3.8) is 0 Å². The van der Waals surface area contributed by atoms with Gasteiger partial charge in [-0.05, 0) is 76.5 Å². The lowest BCUT2D eigenvalue weighted by atomic mass is 9.50. The van der Waals surface area contributed by atoms with Crippen molar-refractivity contribution >= 4 is 17.9 Å². The highest BCUT2D eigenvalue weighted by atomic mass is 16.6. The number of hydrogen-bond donors (Lipinski definition) is 0. The fourth-order valence-electron chi connectivity index (χ4n) is 5.39. The van der Waals surface area contributed by atoms with E-state index in [4.69, 9.17) is 9.47 Å². The second kappa shape index (κ2) is 8.33. The average molecular weight is 405 g/mol. The molecule has 1 unspecified atom stereocenters. The zero-order valence-electron chi connectivity index (χ0n) is 17.7. The van der Waals surface area contributed by atoms with E-state index in [2.05, 4.69) is 24.8 Å². The molecule has 1 aliphatic heterocycles. The van der Waals surface area contributed by atoms with Crippen LogP contribution < -0.4 is 0 Å². The maximum absolute atomic E-state index is 11.8. The molecule has 5 fully saturated rings. The zero-order valence-corrected chi connectivity index (χ0v) is 17.7. The molecule has 0 spiro atoms. The van der Waals surface area contributed by atoms with Gasteiger partial charge in [-0.2, -0.15) is 0 Å². The quantitative estimate of drug-likeness (QED) is 0.403. The van der Waals surface area contributed by atoms with E-state index in [1.165, 1.54) is 32.1 Å². The summed E-state index contributed by atoms with van der Waals surface area (Å²) in [5.74, 6) is 2.03. The van der Waals surface area contributed by atoms with Crippen molar-refractivity contribution in [3.8, 4) is 0 Å². The normalized spacial score (nSPS) is 36.5. The Bertz CT molecular complexity index is 693.